The predicted molar refractivity (Wildman–Crippen MR) is 66.8 cm³/mol. The summed E-state index contributed by atoms with van der Waals surface area (Å²) in [5, 5.41) is 0. The van der Waals surface area contributed by atoms with Crippen molar-refractivity contribution in [3.8, 4) is 11.3 Å². The van der Waals surface area contributed by atoms with E-state index in [0.29, 0.717) is 6.71 Å². The summed E-state index contributed by atoms with van der Waals surface area (Å²) in [5.74, 6) is 0. The Morgan fingerprint density at radius 3 is 2.33 bits per heavy atom. The van der Waals surface area contributed by atoms with E-state index in [9.17, 15) is 0 Å². The first-order chi connectivity index (χ1) is 7.29. The minimum Gasteiger partial charge on any atom is -0.256 e. The van der Waals surface area contributed by atoms with Gasteiger partial charge in [0.1, 0.15) is 0 Å². The van der Waals surface area contributed by atoms with Crippen LogP contribution in [0.15, 0.2) is 48.7 Å². The third kappa shape index (κ3) is 2.09. The largest absolute Gasteiger partial charge is 0.256 e. The van der Waals surface area contributed by atoms with Crippen molar-refractivity contribution in [3.05, 3.63) is 48.7 Å². The lowest BCUT2D eigenvalue weighted by molar-refractivity contribution is 1.33. The number of pyridine rings is 1. The van der Waals surface area contributed by atoms with E-state index in [1.54, 1.807) is 0 Å². The van der Waals surface area contributed by atoms with Crippen molar-refractivity contribution < 1.29 is 0 Å². The zero-order valence-electron chi connectivity index (χ0n) is 9.14. The molecule has 2 aromatic rings. The molecule has 0 aliphatic carbocycles. The van der Waals surface area contributed by atoms with Gasteiger partial charge in [-0.2, -0.15) is 0 Å². The van der Waals surface area contributed by atoms with Crippen LogP contribution in [0, 0.1) is 0 Å². The van der Waals surface area contributed by atoms with Gasteiger partial charge in [0.2, 0.25) is 0 Å². The van der Waals surface area contributed by atoms with Gasteiger partial charge in [0, 0.05) is 6.20 Å². The number of hydrogen-bond donors (Lipinski definition) is 0. The van der Waals surface area contributed by atoms with Crippen LogP contribution in [0.2, 0.25) is 13.6 Å². The van der Waals surface area contributed by atoms with Crippen LogP contribution in [0.4, 0.5) is 0 Å². The summed E-state index contributed by atoms with van der Waals surface area (Å²) in [5.41, 5.74) is 3.66. The van der Waals surface area contributed by atoms with E-state index in [1.165, 1.54) is 11.0 Å². The predicted octanol–water partition coefficient (Wildman–Crippen LogP) is 2.71. The van der Waals surface area contributed by atoms with Gasteiger partial charge in [-0.1, -0.05) is 49.4 Å². The molecule has 1 aromatic carbocycles. The van der Waals surface area contributed by atoms with Gasteiger partial charge in [-0.15, -0.1) is 0 Å². The van der Waals surface area contributed by atoms with Gasteiger partial charge in [-0.3, -0.25) is 4.98 Å². The fourth-order valence-electron chi connectivity index (χ4n) is 1.76. The van der Waals surface area contributed by atoms with Crippen molar-refractivity contribution in [2.45, 2.75) is 13.6 Å². The summed E-state index contributed by atoms with van der Waals surface area (Å²) in [4.78, 5) is 4.39. The molecule has 2 rings (SSSR count). The molecule has 1 nitrogen and oxygen atoms in total. The smallest absolute Gasteiger partial charge is 0.170 e. The van der Waals surface area contributed by atoms with E-state index in [2.05, 4.69) is 49.0 Å². The Kier molecular flexibility index (Phi) is 2.86. The standard InChI is InChI=1S/C13H14BN/c1-14(2)12-8-4-3-7-11(12)13-9-5-6-10-15-13/h3-10H,1-2H3. The van der Waals surface area contributed by atoms with Crippen molar-refractivity contribution in [2.24, 2.45) is 0 Å². The summed E-state index contributed by atoms with van der Waals surface area (Å²) in [6.07, 6.45) is 1.84. The topological polar surface area (TPSA) is 12.9 Å². The monoisotopic (exact) mass is 195 g/mol. The summed E-state index contributed by atoms with van der Waals surface area (Å²) < 4.78 is 0. The summed E-state index contributed by atoms with van der Waals surface area (Å²) in [6, 6.07) is 14.5. The molecule has 0 aliphatic heterocycles. The fourth-order valence-corrected chi connectivity index (χ4v) is 1.76. The maximum absolute atomic E-state index is 4.39. The average molecular weight is 195 g/mol. The van der Waals surface area contributed by atoms with Crippen molar-refractivity contribution in [1.82, 2.24) is 4.98 Å². The van der Waals surface area contributed by atoms with Gasteiger partial charge in [0.25, 0.3) is 0 Å². The first kappa shape index (κ1) is 9.97. The van der Waals surface area contributed by atoms with Crippen molar-refractivity contribution >= 4 is 12.2 Å². The first-order valence-corrected chi connectivity index (χ1v) is 5.29. The van der Waals surface area contributed by atoms with Crippen LogP contribution < -0.4 is 5.46 Å². The van der Waals surface area contributed by atoms with Crippen LogP contribution in [0.5, 0.6) is 0 Å². The van der Waals surface area contributed by atoms with E-state index < -0.39 is 0 Å². The molecule has 0 N–H and O–H groups in total. The van der Waals surface area contributed by atoms with E-state index in [1.807, 2.05) is 18.3 Å². The number of benzene rings is 1. The number of aromatic nitrogens is 1. The number of rotatable bonds is 2. The molecular weight excluding hydrogens is 181 g/mol. The Balaban J connectivity index is 2.53. The molecule has 2 heteroatoms. The van der Waals surface area contributed by atoms with E-state index >= 15 is 0 Å². The molecule has 0 atom stereocenters. The zero-order valence-corrected chi connectivity index (χ0v) is 9.14. The first-order valence-electron chi connectivity index (χ1n) is 5.29. The Morgan fingerprint density at radius 1 is 0.933 bits per heavy atom. The van der Waals surface area contributed by atoms with Crippen LogP contribution in [0.25, 0.3) is 11.3 Å². The van der Waals surface area contributed by atoms with Crippen LogP contribution in [-0.2, 0) is 0 Å². The Labute approximate surface area is 91.3 Å². The highest BCUT2D eigenvalue weighted by atomic mass is 14.7. The molecule has 0 fully saturated rings. The maximum atomic E-state index is 4.39. The molecule has 15 heavy (non-hydrogen) atoms. The van der Waals surface area contributed by atoms with E-state index in [4.69, 9.17) is 0 Å². The molecule has 0 saturated heterocycles. The minimum absolute atomic E-state index is 0.531. The highest BCUT2D eigenvalue weighted by Gasteiger charge is 2.09. The summed E-state index contributed by atoms with van der Waals surface area (Å²) >= 11 is 0. The molecular formula is C13H14BN. The molecule has 1 aromatic heterocycles. The second-order valence-electron chi connectivity index (χ2n) is 3.96. The summed E-state index contributed by atoms with van der Waals surface area (Å²) in [6.45, 7) is 4.95. The third-order valence-corrected chi connectivity index (χ3v) is 2.52. The van der Waals surface area contributed by atoms with Crippen molar-refractivity contribution in [1.29, 1.82) is 0 Å². The fraction of sp³-hybridized carbons (Fsp3) is 0.154. The molecule has 1 heterocycles. The van der Waals surface area contributed by atoms with Crippen LogP contribution in [0.3, 0.4) is 0 Å². The Morgan fingerprint density at radius 2 is 1.67 bits per heavy atom. The van der Waals surface area contributed by atoms with E-state index in [0.717, 1.165) is 5.69 Å². The van der Waals surface area contributed by atoms with Gasteiger partial charge in [-0.05, 0) is 17.7 Å². The maximum Gasteiger partial charge on any atom is 0.170 e. The van der Waals surface area contributed by atoms with Gasteiger partial charge in [0.05, 0.1) is 5.69 Å². The van der Waals surface area contributed by atoms with Crippen LogP contribution in [0.1, 0.15) is 0 Å². The number of nitrogens with zero attached hydrogens (tertiary/aromatic N) is 1. The molecule has 0 bridgehead atoms. The summed E-state index contributed by atoms with van der Waals surface area (Å²) in [7, 11) is 0. The average Bonchev–Trinajstić information content (AvgIpc) is 2.30. The highest BCUT2D eigenvalue weighted by molar-refractivity contribution is 6.72. The van der Waals surface area contributed by atoms with Crippen molar-refractivity contribution in [2.75, 3.05) is 0 Å². The number of hydrogen-bond acceptors (Lipinski definition) is 1. The lowest BCUT2D eigenvalue weighted by Gasteiger charge is -2.09. The molecule has 0 saturated carbocycles. The molecule has 0 spiro atoms. The van der Waals surface area contributed by atoms with Crippen molar-refractivity contribution in [3.63, 3.8) is 0 Å². The lowest BCUT2D eigenvalue weighted by atomic mass is 9.48. The molecule has 0 amide bonds. The second-order valence-corrected chi connectivity index (χ2v) is 3.96. The van der Waals surface area contributed by atoms with Crippen LogP contribution in [-0.4, -0.2) is 11.7 Å². The van der Waals surface area contributed by atoms with Gasteiger partial charge < -0.3 is 0 Å². The van der Waals surface area contributed by atoms with Gasteiger partial charge in [-0.25, -0.2) is 0 Å². The Bertz CT molecular complexity index is 437. The molecule has 0 radical (unpaired) electrons. The van der Waals surface area contributed by atoms with Gasteiger partial charge >= 0.3 is 0 Å². The van der Waals surface area contributed by atoms with Gasteiger partial charge in [0.15, 0.2) is 6.71 Å². The quantitative estimate of drug-likeness (QED) is 0.671. The normalized spacial score (nSPS) is 10.0. The highest BCUT2D eigenvalue weighted by Crippen LogP contribution is 2.14. The van der Waals surface area contributed by atoms with Crippen LogP contribution >= 0.6 is 0 Å². The van der Waals surface area contributed by atoms with E-state index in [-0.39, 0.29) is 0 Å². The molecule has 0 unspecified atom stereocenters. The molecule has 74 valence electrons. The second kappa shape index (κ2) is 4.30. The third-order valence-electron chi connectivity index (χ3n) is 2.52. The zero-order chi connectivity index (χ0) is 10.7. The Hall–Kier alpha value is -1.57. The minimum atomic E-state index is 0.531. The SMILES string of the molecule is CB(C)c1ccccc1-c1ccccn1. The lowest BCUT2D eigenvalue weighted by Crippen LogP contribution is -2.24. The molecule has 0 aliphatic rings.